The van der Waals surface area contributed by atoms with Crippen molar-refractivity contribution in [1.29, 1.82) is 0 Å². The normalized spacial score (nSPS) is 33.0. The molecule has 0 spiro atoms. The van der Waals surface area contributed by atoms with Gasteiger partial charge in [-0.05, 0) is 6.92 Å². The van der Waals surface area contributed by atoms with Crippen LogP contribution in [0, 0.1) is 0 Å². The van der Waals surface area contributed by atoms with Crippen LogP contribution in [0.5, 0.6) is 0 Å². The fraction of sp³-hybridized carbons (Fsp3) is 0.714. The average molecular weight is 128 g/mol. The van der Waals surface area contributed by atoms with Gasteiger partial charge in [0.25, 0.3) is 0 Å². The molecule has 1 heterocycles. The Balaban J connectivity index is 2.53. The lowest BCUT2D eigenvalue weighted by Crippen LogP contribution is -2.24. The van der Waals surface area contributed by atoms with Gasteiger partial charge in [-0.3, -0.25) is 0 Å². The van der Waals surface area contributed by atoms with E-state index in [1.165, 1.54) is 0 Å². The van der Waals surface area contributed by atoms with Gasteiger partial charge in [-0.15, -0.1) is 0 Å². The summed E-state index contributed by atoms with van der Waals surface area (Å²) < 4.78 is 10.6. The predicted octanol–water partition coefficient (Wildman–Crippen LogP) is 2.02. The molecule has 0 saturated carbocycles. The van der Waals surface area contributed by atoms with E-state index in [4.69, 9.17) is 9.47 Å². The summed E-state index contributed by atoms with van der Waals surface area (Å²) in [5.74, 6) is 0.476. The molecule has 0 N–H and O–H groups in total. The van der Waals surface area contributed by atoms with Crippen LogP contribution in [0.3, 0.4) is 0 Å². The quantitative estimate of drug-likeness (QED) is 0.538. The van der Waals surface area contributed by atoms with Crippen LogP contribution in [0.4, 0.5) is 0 Å². The number of hydrogen-bond acceptors (Lipinski definition) is 2. The summed E-state index contributed by atoms with van der Waals surface area (Å²) in [6.45, 7) is 5.85. The lowest BCUT2D eigenvalue weighted by Gasteiger charge is -2.21. The van der Waals surface area contributed by atoms with E-state index >= 15 is 0 Å². The van der Waals surface area contributed by atoms with Gasteiger partial charge in [-0.1, -0.05) is 6.92 Å². The van der Waals surface area contributed by atoms with Crippen molar-refractivity contribution in [3.8, 4) is 0 Å². The van der Waals surface area contributed by atoms with Crippen molar-refractivity contribution in [2.24, 2.45) is 0 Å². The molecule has 0 aromatic heterocycles. The first-order valence-electron chi connectivity index (χ1n) is 3.20. The fourth-order valence-electron chi connectivity index (χ4n) is 0.752. The molecule has 0 aromatic carbocycles. The third kappa shape index (κ3) is 1.18. The zero-order valence-electron chi connectivity index (χ0n) is 6.10. The summed E-state index contributed by atoms with van der Waals surface area (Å²) in [5, 5.41) is 0. The Bertz CT molecular complexity index is 140. The molecule has 2 heteroatoms. The van der Waals surface area contributed by atoms with Gasteiger partial charge in [-0.2, -0.15) is 0 Å². The molecule has 9 heavy (non-hydrogen) atoms. The molecule has 2 nitrogen and oxygen atoms in total. The topological polar surface area (TPSA) is 18.5 Å². The van der Waals surface area contributed by atoms with Crippen LogP contribution in [0.2, 0.25) is 0 Å². The molecule has 1 aliphatic heterocycles. The molecule has 0 amide bonds. The second kappa shape index (κ2) is 1.94. The van der Waals surface area contributed by atoms with E-state index in [2.05, 4.69) is 0 Å². The molecule has 0 aromatic rings. The number of rotatable bonds is 1. The van der Waals surface area contributed by atoms with Crippen LogP contribution in [0.25, 0.3) is 0 Å². The predicted molar refractivity (Wildman–Crippen MR) is 34.6 cm³/mol. The Kier molecular flexibility index (Phi) is 1.39. The molecule has 0 fully saturated rings. The van der Waals surface area contributed by atoms with Crippen LogP contribution in [-0.4, -0.2) is 5.79 Å². The minimum atomic E-state index is -0.385. The summed E-state index contributed by atoms with van der Waals surface area (Å²) >= 11 is 0. The minimum Gasteiger partial charge on any atom is -0.457 e. The van der Waals surface area contributed by atoms with Gasteiger partial charge >= 0.3 is 0 Å². The van der Waals surface area contributed by atoms with Gasteiger partial charge in [0.05, 0.1) is 0 Å². The Morgan fingerprint density at radius 3 is 2.56 bits per heavy atom. The zero-order valence-corrected chi connectivity index (χ0v) is 6.10. The first-order chi connectivity index (χ1) is 4.16. The lowest BCUT2D eigenvalue weighted by atomic mass is 10.2. The standard InChI is InChI=1S/C7H12O2/c1-4-7(3)8-5-6(2)9-7/h5H,4H2,1-3H3. The Morgan fingerprint density at radius 2 is 2.33 bits per heavy atom. The Labute approximate surface area is 55.5 Å². The minimum absolute atomic E-state index is 0.385. The molecule has 0 radical (unpaired) electrons. The summed E-state index contributed by atoms with van der Waals surface area (Å²) in [5.41, 5.74) is 0. The van der Waals surface area contributed by atoms with Crippen molar-refractivity contribution in [1.82, 2.24) is 0 Å². The molecular weight excluding hydrogens is 116 g/mol. The van der Waals surface area contributed by atoms with Crippen molar-refractivity contribution in [3.63, 3.8) is 0 Å². The highest BCUT2D eigenvalue weighted by atomic mass is 16.7. The van der Waals surface area contributed by atoms with E-state index in [1.54, 1.807) is 6.26 Å². The molecule has 52 valence electrons. The number of ether oxygens (including phenoxy) is 2. The third-order valence-electron chi connectivity index (χ3n) is 1.49. The molecule has 1 rings (SSSR count). The zero-order chi connectivity index (χ0) is 6.91. The highest BCUT2D eigenvalue weighted by Gasteiger charge is 2.29. The van der Waals surface area contributed by atoms with Gasteiger partial charge in [0, 0.05) is 13.3 Å². The van der Waals surface area contributed by atoms with E-state index < -0.39 is 0 Å². The maximum atomic E-state index is 5.34. The van der Waals surface area contributed by atoms with Crippen LogP contribution in [0.15, 0.2) is 12.0 Å². The SMILES string of the molecule is CCC1(C)OC=C(C)O1. The van der Waals surface area contributed by atoms with Crippen LogP contribution in [0.1, 0.15) is 27.2 Å². The molecule has 1 atom stereocenters. The van der Waals surface area contributed by atoms with E-state index in [1.807, 2.05) is 20.8 Å². The highest BCUT2D eigenvalue weighted by molar-refractivity contribution is 4.91. The maximum Gasteiger partial charge on any atom is 0.247 e. The molecule has 0 aliphatic carbocycles. The van der Waals surface area contributed by atoms with Crippen molar-refractivity contribution in [2.45, 2.75) is 33.0 Å². The van der Waals surface area contributed by atoms with Gasteiger partial charge in [0.15, 0.2) is 0 Å². The van der Waals surface area contributed by atoms with Crippen molar-refractivity contribution >= 4 is 0 Å². The fourth-order valence-corrected chi connectivity index (χ4v) is 0.752. The van der Waals surface area contributed by atoms with E-state index in [0.29, 0.717) is 0 Å². The molecular formula is C7H12O2. The number of hydrogen-bond donors (Lipinski definition) is 0. The van der Waals surface area contributed by atoms with Gasteiger partial charge in [0.2, 0.25) is 5.79 Å². The van der Waals surface area contributed by atoms with E-state index in [9.17, 15) is 0 Å². The second-order valence-electron chi connectivity index (χ2n) is 2.44. The van der Waals surface area contributed by atoms with Crippen molar-refractivity contribution in [2.75, 3.05) is 0 Å². The third-order valence-corrected chi connectivity index (χ3v) is 1.49. The van der Waals surface area contributed by atoms with Gasteiger partial charge in [0.1, 0.15) is 12.0 Å². The van der Waals surface area contributed by atoms with Gasteiger partial charge in [-0.25, -0.2) is 0 Å². The summed E-state index contributed by atoms with van der Waals surface area (Å²) in [4.78, 5) is 0. The molecule has 1 unspecified atom stereocenters. The highest BCUT2D eigenvalue weighted by Crippen LogP contribution is 2.26. The summed E-state index contributed by atoms with van der Waals surface area (Å²) in [6.07, 6.45) is 2.53. The Hall–Kier alpha value is -0.660. The maximum absolute atomic E-state index is 5.34. The van der Waals surface area contributed by atoms with Crippen molar-refractivity contribution < 1.29 is 9.47 Å². The smallest absolute Gasteiger partial charge is 0.247 e. The monoisotopic (exact) mass is 128 g/mol. The number of allylic oxidation sites excluding steroid dienone is 1. The van der Waals surface area contributed by atoms with E-state index in [-0.39, 0.29) is 5.79 Å². The first kappa shape index (κ1) is 6.46. The van der Waals surface area contributed by atoms with Crippen molar-refractivity contribution in [3.05, 3.63) is 12.0 Å². The second-order valence-corrected chi connectivity index (χ2v) is 2.44. The van der Waals surface area contributed by atoms with E-state index in [0.717, 1.165) is 12.2 Å². The molecule has 1 aliphatic rings. The summed E-state index contributed by atoms with van der Waals surface area (Å²) in [6, 6.07) is 0. The Morgan fingerprint density at radius 1 is 1.67 bits per heavy atom. The van der Waals surface area contributed by atoms with Gasteiger partial charge < -0.3 is 9.47 Å². The first-order valence-corrected chi connectivity index (χ1v) is 3.20. The van der Waals surface area contributed by atoms with Crippen LogP contribution < -0.4 is 0 Å². The molecule has 0 bridgehead atoms. The average Bonchev–Trinajstić information content (AvgIpc) is 2.13. The molecule has 0 saturated heterocycles. The van der Waals surface area contributed by atoms with Crippen LogP contribution in [-0.2, 0) is 9.47 Å². The summed E-state index contributed by atoms with van der Waals surface area (Å²) in [7, 11) is 0. The lowest BCUT2D eigenvalue weighted by molar-refractivity contribution is -0.133. The van der Waals surface area contributed by atoms with Crippen LogP contribution >= 0.6 is 0 Å². The largest absolute Gasteiger partial charge is 0.457 e.